The third-order valence-corrected chi connectivity index (χ3v) is 2.95. The number of aromatic carboxylic acids is 1. The molecule has 1 aliphatic rings. The lowest BCUT2D eigenvalue weighted by atomic mass is 9.82. The fourth-order valence-electron chi connectivity index (χ4n) is 2.04. The molecule has 3 nitrogen and oxygen atoms in total. The number of hydrogen-bond acceptors (Lipinski definition) is 2. The first-order valence-corrected chi connectivity index (χ1v) is 5.00. The fourth-order valence-corrected chi connectivity index (χ4v) is 2.04. The van der Waals surface area contributed by atoms with Gasteiger partial charge in [-0.1, -0.05) is 19.1 Å². The number of Topliss-reactive ketones (excluding diaryl/α,β-unsaturated/α-hetero) is 1. The fraction of sp³-hybridized carbons (Fsp3) is 0.333. The van der Waals surface area contributed by atoms with Gasteiger partial charge >= 0.3 is 5.97 Å². The summed E-state index contributed by atoms with van der Waals surface area (Å²) < 4.78 is 0. The molecule has 1 N–H and O–H groups in total. The van der Waals surface area contributed by atoms with E-state index in [1.54, 1.807) is 18.2 Å². The molecule has 2 rings (SSSR count). The average Bonchev–Trinajstić information content (AvgIpc) is 2.23. The van der Waals surface area contributed by atoms with E-state index in [-0.39, 0.29) is 17.3 Å². The predicted molar refractivity (Wildman–Crippen MR) is 55.2 cm³/mol. The van der Waals surface area contributed by atoms with E-state index in [2.05, 4.69) is 0 Å². The van der Waals surface area contributed by atoms with Crippen molar-refractivity contribution in [1.29, 1.82) is 0 Å². The second-order valence-electron chi connectivity index (χ2n) is 3.94. The number of rotatable bonds is 1. The minimum atomic E-state index is -0.950. The Hall–Kier alpha value is -1.64. The maximum Gasteiger partial charge on any atom is 0.335 e. The molecule has 0 spiro atoms. The van der Waals surface area contributed by atoms with Crippen molar-refractivity contribution in [2.45, 2.75) is 19.8 Å². The van der Waals surface area contributed by atoms with Gasteiger partial charge in [-0.25, -0.2) is 4.79 Å². The van der Waals surface area contributed by atoms with Crippen LogP contribution in [0.1, 0.15) is 39.6 Å². The molecule has 0 saturated carbocycles. The molecule has 1 aromatic rings. The zero-order valence-corrected chi connectivity index (χ0v) is 8.49. The summed E-state index contributed by atoms with van der Waals surface area (Å²) in [5.74, 6) is -0.866. The van der Waals surface area contributed by atoms with Gasteiger partial charge < -0.3 is 5.11 Å². The molecule has 0 aromatic heterocycles. The van der Waals surface area contributed by atoms with E-state index in [4.69, 9.17) is 5.11 Å². The third kappa shape index (κ3) is 1.54. The van der Waals surface area contributed by atoms with Crippen LogP contribution in [0.15, 0.2) is 18.2 Å². The number of hydrogen-bond donors (Lipinski definition) is 1. The first kappa shape index (κ1) is 9.90. The maximum atomic E-state index is 11.8. The van der Waals surface area contributed by atoms with Gasteiger partial charge in [0.2, 0.25) is 0 Å². The van der Waals surface area contributed by atoms with E-state index in [0.717, 1.165) is 6.42 Å². The van der Waals surface area contributed by atoms with Gasteiger partial charge in [-0.15, -0.1) is 0 Å². The first-order chi connectivity index (χ1) is 7.11. The largest absolute Gasteiger partial charge is 0.478 e. The highest BCUT2D eigenvalue weighted by Crippen LogP contribution is 2.27. The lowest BCUT2D eigenvalue weighted by Gasteiger charge is -2.21. The van der Waals surface area contributed by atoms with E-state index < -0.39 is 5.97 Å². The number of ketones is 1. The summed E-state index contributed by atoms with van der Waals surface area (Å²) in [6.45, 7) is 1.89. The lowest BCUT2D eigenvalue weighted by molar-refractivity contribution is 0.0695. The molecule has 15 heavy (non-hydrogen) atoms. The molecule has 1 unspecified atom stereocenters. The van der Waals surface area contributed by atoms with E-state index >= 15 is 0 Å². The highest BCUT2D eigenvalue weighted by atomic mass is 16.4. The molecule has 0 aliphatic heterocycles. The molecule has 0 radical (unpaired) electrons. The second kappa shape index (κ2) is 3.50. The number of carbonyl (C=O) groups is 2. The predicted octanol–water partition coefficient (Wildman–Crippen LogP) is 2.15. The minimum Gasteiger partial charge on any atom is -0.478 e. The monoisotopic (exact) mass is 204 g/mol. The van der Waals surface area contributed by atoms with Crippen molar-refractivity contribution in [1.82, 2.24) is 0 Å². The van der Waals surface area contributed by atoms with Crippen molar-refractivity contribution in [2.75, 3.05) is 0 Å². The van der Waals surface area contributed by atoms with Crippen LogP contribution in [0.5, 0.6) is 0 Å². The molecule has 0 bridgehead atoms. The Balaban J connectivity index is 2.58. The molecule has 0 saturated heterocycles. The summed E-state index contributed by atoms with van der Waals surface area (Å²) in [6, 6.07) is 4.92. The van der Waals surface area contributed by atoms with Gasteiger partial charge in [0, 0.05) is 11.5 Å². The molecule has 78 valence electrons. The van der Waals surface area contributed by atoms with Crippen molar-refractivity contribution in [3.8, 4) is 0 Å². The van der Waals surface area contributed by atoms with E-state index in [0.29, 0.717) is 17.5 Å². The van der Waals surface area contributed by atoms with E-state index in [1.165, 1.54) is 0 Å². The van der Waals surface area contributed by atoms with Gasteiger partial charge in [-0.2, -0.15) is 0 Å². The van der Waals surface area contributed by atoms with Crippen LogP contribution >= 0.6 is 0 Å². The Kier molecular flexibility index (Phi) is 2.31. The van der Waals surface area contributed by atoms with Gasteiger partial charge in [0.1, 0.15) is 0 Å². The van der Waals surface area contributed by atoms with Crippen molar-refractivity contribution < 1.29 is 14.7 Å². The Morgan fingerprint density at radius 1 is 1.47 bits per heavy atom. The van der Waals surface area contributed by atoms with Gasteiger partial charge in [-0.05, 0) is 24.5 Å². The van der Waals surface area contributed by atoms with Gasteiger partial charge in [0.25, 0.3) is 0 Å². The molecule has 1 atom stereocenters. The minimum absolute atomic E-state index is 0.0153. The SMILES string of the molecule is CC1CCc2c(C(=O)O)cccc2C1=O. The Bertz CT molecular complexity index is 434. The molecule has 3 heteroatoms. The molecule has 1 aliphatic carbocycles. The zero-order chi connectivity index (χ0) is 11.0. The molecule has 0 heterocycles. The van der Waals surface area contributed by atoms with Gasteiger partial charge in [-0.3, -0.25) is 4.79 Å². The number of fused-ring (bicyclic) bond motifs is 1. The summed E-state index contributed by atoms with van der Waals surface area (Å²) in [7, 11) is 0. The van der Waals surface area contributed by atoms with Crippen LogP contribution in [-0.2, 0) is 6.42 Å². The highest BCUT2D eigenvalue weighted by Gasteiger charge is 2.26. The number of carboxylic acids is 1. The maximum absolute atomic E-state index is 11.8. The van der Waals surface area contributed by atoms with Crippen LogP contribution in [0, 0.1) is 5.92 Å². The quantitative estimate of drug-likeness (QED) is 0.762. The Morgan fingerprint density at radius 2 is 2.20 bits per heavy atom. The number of carboxylic acid groups (broad SMARTS) is 1. The lowest BCUT2D eigenvalue weighted by Crippen LogP contribution is -2.22. The summed E-state index contributed by atoms with van der Waals surface area (Å²) in [5, 5.41) is 8.98. The first-order valence-electron chi connectivity index (χ1n) is 5.00. The Labute approximate surface area is 87.7 Å². The topological polar surface area (TPSA) is 54.4 Å². The van der Waals surface area contributed by atoms with Crippen LogP contribution < -0.4 is 0 Å². The average molecular weight is 204 g/mol. The number of benzene rings is 1. The van der Waals surface area contributed by atoms with E-state index in [9.17, 15) is 9.59 Å². The van der Waals surface area contributed by atoms with Crippen LogP contribution in [0.4, 0.5) is 0 Å². The van der Waals surface area contributed by atoms with Crippen LogP contribution in [-0.4, -0.2) is 16.9 Å². The van der Waals surface area contributed by atoms with Crippen molar-refractivity contribution in [3.05, 3.63) is 34.9 Å². The summed E-state index contributed by atoms with van der Waals surface area (Å²) >= 11 is 0. The second-order valence-corrected chi connectivity index (χ2v) is 3.94. The van der Waals surface area contributed by atoms with Crippen LogP contribution in [0.2, 0.25) is 0 Å². The summed E-state index contributed by atoms with van der Waals surface area (Å²) in [4.78, 5) is 22.7. The molecular weight excluding hydrogens is 192 g/mol. The molecule has 1 aromatic carbocycles. The van der Waals surface area contributed by atoms with Crippen molar-refractivity contribution >= 4 is 11.8 Å². The Morgan fingerprint density at radius 3 is 2.87 bits per heavy atom. The normalized spacial score (nSPS) is 19.8. The van der Waals surface area contributed by atoms with Gasteiger partial charge in [0.05, 0.1) is 5.56 Å². The highest BCUT2D eigenvalue weighted by molar-refractivity contribution is 6.03. The zero-order valence-electron chi connectivity index (χ0n) is 8.49. The molecule has 0 amide bonds. The third-order valence-electron chi connectivity index (χ3n) is 2.95. The standard InChI is InChI=1S/C12H12O3/c1-7-5-6-8-9(11(7)13)3-2-4-10(8)12(14)15/h2-4,7H,5-6H2,1H3,(H,14,15). The molecular formula is C12H12O3. The summed E-state index contributed by atoms with van der Waals surface area (Å²) in [6.07, 6.45) is 1.43. The van der Waals surface area contributed by atoms with Gasteiger partial charge in [0.15, 0.2) is 5.78 Å². The smallest absolute Gasteiger partial charge is 0.335 e. The molecule has 0 fully saturated rings. The van der Waals surface area contributed by atoms with Crippen molar-refractivity contribution in [2.24, 2.45) is 5.92 Å². The summed E-state index contributed by atoms with van der Waals surface area (Å²) in [5.41, 5.74) is 1.56. The van der Waals surface area contributed by atoms with Crippen molar-refractivity contribution in [3.63, 3.8) is 0 Å². The van der Waals surface area contributed by atoms with Crippen LogP contribution in [0.25, 0.3) is 0 Å². The van der Waals surface area contributed by atoms with E-state index in [1.807, 2.05) is 6.92 Å². The number of carbonyl (C=O) groups excluding carboxylic acids is 1. The van der Waals surface area contributed by atoms with Crippen LogP contribution in [0.3, 0.4) is 0 Å².